The fraction of sp³-hybridized carbons (Fsp3) is 0.238. The second kappa shape index (κ2) is 8.00. The minimum Gasteiger partial charge on any atom is -0.371 e. The van der Waals surface area contributed by atoms with Crippen LogP contribution in [0.5, 0.6) is 0 Å². The molecule has 1 aliphatic heterocycles. The van der Waals surface area contributed by atoms with Crippen molar-refractivity contribution in [2.45, 2.75) is 25.5 Å². The lowest BCUT2D eigenvalue weighted by Gasteiger charge is -2.20. The van der Waals surface area contributed by atoms with Crippen LogP contribution >= 0.6 is 0 Å². The van der Waals surface area contributed by atoms with Gasteiger partial charge in [-0.25, -0.2) is 13.6 Å². The zero-order chi connectivity index (χ0) is 20.4. The van der Waals surface area contributed by atoms with Crippen LogP contribution in [-0.4, -0.2) is 23.8 Å². The molecule has 1 saturated heterocycles. The van der Waals surface area contributed by atoms with Crippen molar-refractivity contribution >= 4 is 11.7 Å². The van der Waals surface area contributed by atoms with E-state index in [0.717, 1.165) is 17.7 Å². The molecule has 1 aliphatic rings. The monoisotopic (exact) mass is 399 g/mol. The normalized spacial score (nSPS) is 18.6. The molecule has 2 unspecified atom stereocenters. The van der Waals surface area contributed by atoms with Gasteiger partial charge in [0.05, 0.1) is 6.04 Å². The Morgan fingerprint density at radius 1 is 1.14 bits per heavy atom. The number of aromatic nitrogens is 1. The lowest BCUT2D eigenvalue weighted by molar-refractivity contribution is 0.100. The molecule has 2 aromatic carbocycles. The van der Waals surface area contributed by atoms with E-state index in [1.165, 1.54) is 6.07 Å². The Kier molecular flexibility index (Phi) is 5.26. The van der Waals surface area contributed by atoms with Gasteiger partial charge in [0, 0.05) is 12.2 Å². The summed E-state index contributed by atoms with van der Waals surface area (Å²) in [5.41, 5.74) is 2.26. The highest BCUT2D eigenvalue weighted by atomic mass is 19.2. The number of carbonyl (C=O) groups is 1. The number of hydrogen-bond donors (Lipinski definition) is 2. The van der Waals surface area contributed by atoms with Crippen molar-refractivity contribution in [2.75, 3.05) is 11.9 Å². The van der Waals surface area contributed by atoms with E-state index in [1.807, 2.05) is 30.3 Å². The van der Waals surface area contributed by atoms with Gasteiger partial charge in [-0.1, -0.05) is 41.6 Å². The summed E-state index contributed by atoms with van der Waals surface area (Å²) in [6.07, 6.45) is -0.0152. The standard InChI is InChI=1S/C21H19F2N3O3/c1-12-18(20(29-26-12)13-5-3-2-4-6-13)25-21(27)24-17-9-10-28-19(17)14-7-8-15(22)16(23)11-14/h2-8,11,17,19H,9-10H2,1H3,(H2,24,25,27). The van der Waals surface area contributed by atoms with Crippen LogP contribution < -0.4 is 10.6 Å². The largest absolute Gasteiger partial charge is 0.371 e. The number of amides is 2. The van der Waals surface area contributed by atoms with Gasteiger partial charge < -0.3 is 19.9 Å². The molecule has 3 aromatic rings. The predicted octanol–water partition coefficient (Wildman–Crippen LogP) is 4.58. The average Bonchev–Trinajstić information content (AvgIpc) is 3.32. The first-order valence-electron chi connectivity index (χ1n) is 9.18. The Bertz CT molecular complexity index is 1020. The molecule has 0 bridgehead atoms. The molecule has 2 heterocycles. The van der Waals surface area contributed by atoms with E-state index in [2.05, 4.69) is 15.8 Å². The van der Waals surface area contributed by atoms with Gasteiger partial charge in [-0.05, 0) is 31.0 Å². The summed E-state index contributed by atoms with van der Waals surface area (Å²) < 4.78 is 37.8. The molecule has 4 rings (SSSR count). The molecule has 2 amide bonds. The first kappa shape index (κ1) is 19.1. The summed E-state index contributed by atoms with van der Waals surface area (Å²) in [5.74, 6) is -1.42. The number of benzene rings is 2. The minimum atomic E-state index is -0.950. The Balaban J connectivity index is 1.49. The Morgan fingerprint density at radius 3 is 2.69 bits per heavy atom. The molecule has 2 N–H and O–H groups in total. The van der Waals surface area contributed by atoms with Gasteiger partial charge in [-0.15, -0.1) is 0 Å². The van der Waals surface area contributed by atoms with Crippen LogP contribution in [0.1, 0.15) is 23.8 Å². The van der Waals surface area contributed by atoms with Gasteiger partial charge in [0.25, 0.3) is 0 Å². The second-order valence-corrected chi connectivity index (χ2v) is 6.80. The van der Waals surface area contributed by atoms with E-state index in [1.54, 1.807) is 6.92 Å². The molecule has 2 atom stereocenters. The summed E-state index contributed by atoms with van der Waals surface area (Å²) in [5, 5.41) is 9.56. The average molecular weight is 399 g/mol. The molecule has 8 heteroatoms. The van der Waals surface area contributed by atoms with Crippen molar-refractivity contribution in [3.63, 3.8) is 0 Å². The fourth-order valence-corrected chi connectivity index (χ4v) is 3.38. The molecule has 0 radical (unpaired) electrons. The number of urea groups is 1. The molecule has 1 aromatic heterocycles. The van der Waals surface area contributed by atoms with Gasteiger partial charge in [0.1, 0.15) is 17.5 Å². The van der Waals surface area contributed by atoms with Crippen molar-refractivity contribution in [3.8, 4) is 11.3 Å². The third-order valence-electron chi connectivity index (χ3n) is 4.82. The zero-order valence-corrected chi connectivity index (χ0v) is 15.6. The smallest absolute Gasteiger partial charge is 0.319 e. The summed E-state index contributed by atoms with van der Waals surface area (Å²) in [6.45, 7) is 2.13. The maximum atomic E-state index is 13.6. The molecular formula is C21H19F2N3O3. The number of nitrogens with one attached hydrogen (secondary N) is 2. The number of rotatable bonds is 4. The Hall–Kier alpha value is -3.26. The molecule has 0 saturated carbocycles. The van der Waals surface area contributed by atoms with E-state index in [-0.39, 0.29) is 6.04 Å². The summed E-state index contributed by atoms with van der Waals surface area (Å²) in [6, 6.07) is 12.1. The van der Waals surface area contributed by atoms with Crippen LogP contribution in [-0.2, 0) is 4.74 Å². The van der Waals surface area contributed by atoms with Crippen molar-refractivity contribution in [1.29, 1.82) is 0 Å². The van der Waals surface area contributed by atoms with Crippen molar-refractivity contribution in [2.24, 2.45) is 0 Å². The molecule has 29 heavy (non-hydrogen) atoms. The van der Waals surface area contributed by atoms with Crippen molar-refractivity contribution in [1.82, 2.24) is 10.5 Å². The Labute approximate surface area is 165 Å². The highest BCUT2D eigenvalue weighted by Gasteiger charge is 2.32. The third kappa shape index (κ3) is 3.97. The van der Waals surface area contributed by atoms with Crippen LogP contribution in [0.3, 0.4) is 0 Å². The topological polar surface area (TPSA) is 76.4 Å². The number of hydrogen-bond acceptors (Lipinski definition) is 4. The highest BCUT2D eigenvalue weighted by molar-refractivity contribution is 5.94. The van der Waals surface area contributed by atoms with Crippen LogP contribution in [0.25, 0.3) is 11.3 Å². The molecule has 0 aliphatic carbocycles. The predicted molar refractivity (Wildman–Crippen MR) is 102 cm³/mol. The number of ether oxygens (including phenoxy) is 1. The van der Waals surface area contributed by atoms with Crippen molar-refractivity contribution < 1.29 is 22.8 Å². The first-order chi connectivity index (χ1) is 14.0. The quantitative estimate of drug-likeness (QED) is 0.673. The first-order valence-corrected chi connectivity index (χ1v) is 9.18. The molecule has 6 nitrogen and oxygen atoms in total. The van der Waals surface area contributed by atoms with Crippen LogP contribution in [0, 0.1) is 18.6 Å². The van der Waals surface area contributed by atoms with E-state index in [4.69, 9.17) is 9.26 Å². The number of aryl methyl sites for hydroxylation is 1. The number of nitrogens with zero attached hydrogens (tertiary/aromatic N) is 1. The maximum absolute atomic E-state index is 13.6. The molecular weight excluding hydrogens is 380 g/mol. The zero-order valence-electron chi connectivity index (χ0n) is 15.6. The third-order valence-corrected chi connectivity index (χ3v) is 4.82. The maximum Gasteiger partial charge on any atom is 0.319 e. The van der Waals surface area contributed by atoms with Gasteiger partial charge in [0.2, 0.25) is 0 Å². The van der Waals surface area contributed by atoms with Gasteiger partial charge in [-0.2, -0.15) is 0 Å². The summed E-state index contributed by atoms with van der Waals surface area (Å²) in [7, 11) is 0. The van der Waals surface area contributed by atoms with Gasteiger partial charge >= 0.3 is 6.03 Å². The fourth-order valence-electron chi connectivity index (χ4n) is 3.38. The lowest BCUT2D eigenvalue weighted by atomic mass is 10.0. The van der Waals surface area contributed by atoms with Crippen LogP contribution in [0.15, 0.2) is 53.1 Å². The van der Waals surface area contributed by atoms with Crippen LogP contribution in [0.4, 0.5) is 19.3 Å². The van der Waals surface area contributed by atoms with E-state index in [0.29, 0.717) is 35.7 Å². The van der Waals surface area contributed by atoms with Crippen molar-refractivity contribution in [3.05, 3.63) is 71.4 Å². The molecule has 1 fully saturated rings. The summed E-state index contributed by atoms with van der Waals surface area (Å²) in [4.78, 5) is 12.6. The Morgan fingerprint density at radius 2 is 1.93 bits per heavy atom. The van der Waals surface area contributed by atoms with E-state index < -0.39 is 23.8 Å². The summed E-state index contributed by atoms with van der Waals surface area (Å²) >= 11 is 0. The highest BCUT2D eigenvalue weighted by Crippen LogP contribution is 2.32. The SMILES string of the molecule is Cc1noc(-c2ccccc2)c1NC(=O)NC1CCOC1c1ccc(F)c(F)c1. The number of anilines is 1. The number of halogens is 2. The lowest BCUT2D eigenvalue weighted by Crippen LogP contribution is -2.39. The van der Waals surface area contributed by atoms with Gasteiger partial charge in [-0.3, -0.25) is 0 Å². The molecule has 0 spiro atoms. The number of carbonyl (C=O) groups excluding carboxylic acids is 1. The molecule has 150 valence electrons. The van der Waals surface area contributed by atoms with Gasteiger partial charge in [0.15, 0.2) is 17.4 Å². The van der Waals surface area contributed by atoms with Crippen LogP contribution in [0.2, 0.25) is 0 Å². The van der Waals surface area contributed by atoms with E-state index >= 15 is 0 Å². The minimum absolute atomic E-state index is 0.389. The van der Waals surface area contributed by atoms with E-state index in [9.17, 15) is 13.6 Å². The second-order valence-electron chi connectivity index (χ2n) is 6.80.